The first-order valence-electron chi connectivity index (χ1n) is 10.2. The van der Waals surface area contributed by atoms with Gasteiger partial charge in [-0.25, -0.2) is 0 Å². The predicted molar refractivity (Wildman–Crippen MR) is 105 cm³/mol. The highest BCUT2D eigenvalue weighted by Gasteiger charge is 2.21. The second-order valence-electron chi connectivity index (χ2n) is 7.86. The molecule has 0 spiro atoms. The minimum Gasteiger partial charge on any atom is -0.379 e. The standard InChI is InChI=1S/C20H33N3OS/c1-2-4-18(3-1)20-6-5-19(25-20)17-23-11-9-21(10-12-23)7-8-22-13-15-24-16-14-22/h5-6,18H,1-4,7-17H2. The zero-order valence-corrected chi connectivity index (χ0v) is 16.3. The molecule has 0 bridgehead atoms. The van der Waals surface area contributed by atoms with Crippen LogP contribution in [-0.4, -0.2) is 80.3 Å². The molecule has 0 atom stereocenters. The topological polar surface area (TPSA) is 19.0 Å². The largest absolute Gasteiger partial charge is 0.379 e. The fourth-order valence-electron chi connectivity index (χ4n) is 4.41. The third kappa shape index (κ3) is 5.04. The van der Waals surface area contributed by atoms with Gasteiger partial charge in [-0.2, -0.15) is 0 Å². The van der Waals surface area contributed by atoms with Gasteiger partial charge in [-0.15, -0.1) is 11.3 Å². The maximum absolute atomic E-state index is 5.44. The van der Waals surface area contributed by atoms with Crippen molar-refractivity contribution < 1.29 is 4.74 Å². The molecule has 3 aliphatic rings. The number of thiophene rings is 1. The van der Waals surface area contributed by atoms with Crippen molar-refractivity contribution in [3.05, 3.63) is 21.9 Å². The highest BCUT2D eigenvalue weighted by atomic mass is 32.1. The summed E-state index contributed by atoms with van der Waals surface area (Å²) < 4.78 is 5.44. The van der Waals surface area contributed by atoms with Crippen LogP contribution in [0.4, 0.5) is 0 Å². The number of morpholine rings is 1. The third-order valence-corrected chi connectivity index (χ3v) is 7.35. The summed E-state index contributed by atoms with van der Waals surface area (Å²) in [6.07, 6.45) is 5.71. The second-order valence-corrected chi connectivity index (χ2v) is 9.06. The maximum Gasteiger partial charge on any atom is 0.0594 e. The minimum absolute atomic E-state index is 0.871. The highest BCUT2D eigenvalue weighted by molar-refractivity contribution is 7.12. The normalized spacial score (nSPS) is 25.0. The van der Waals surface area contributed by atoms with E-state index in [-0.39, 0.29) is 0 Å². The Bertz CT molecular complexity index is 515. The van der Waals surface area contributed by atoms with Crippen LogP contribution in [0.25, 0.3) is 0 Å². The number of rotatable bonds is 6. The molecule has 1 aliphatic carbocycles. The first-order chi connectivity index (χ1) is 12.4. The summed E-state index contributed by atoms with van der Waals surface area (Å²) in [6.45, 7) is 12.5. The van der Waals surface area contributed by atoms with Crippen LogP contribution in [0.1, 0.15) is 41.4 Å². The smallest absolute Gasteiger partial charge is 0.0594 e. The zero-order chi connectivity index (χ0) is 16.9. The van der Waals surface area contributed by atoms with Gasteiger partial charge in [0, 0.05) is 68.7 Å². The fourth-order valence-corrected chi connectivity index (χ4v) is 5.63. The lowest BCUT2D eigenvalue weighted by molar-refractivity contribution is 0.0297. The Hall–Kier alpha value is -0.460. The minimum atomic E-state index is 0.871. The summed E-state index contributed by atoms with van der Waals surface area (Å²) in [5.41, 5.74) is 0. The van der Waals surface area contributed by atoms with Crippen molar-refractivity contribution in [1.29, 1.82) is 0 Å². The second kappa shape index (κ2) is 8.96. The Morgan fingerprint density at radius 2 is 1.48 bits per heavy atom. The summed E-state index contributed by atoms with van der Waals surface area (Å²) in [5, 5.41) is 0. The average molecular weight is 364 g/mol. The summed E-state index contributed by atoms with van der Waals surface area (Å²) in [7, 11) is 0. The Labute approximate surface area is 156 Å². The zero-order valence-electron chi connectivity index (χ0n) is 15.5. The SMILES string of the molecule is c1cc(C2CCCC2)sc1CN1CCN(CCN2CCOCC2)CC1. The van der Waals surface area contributed by atoms with Gasteiger partial charge in [-0.3, -0.25) is 14.7 Å². The van der Waals surface area contributed by atoms with E-state index in [9.17, 15) is 0 Å². The molecule has 25 heavy (non-hydrogen) atoms. The van der Waals surface area contributed by atoms with Gasteiger partial charge in [0.25, 0.3) is 0 Å². The fraction of sp³-hybridized carbons (Fsp3) is 0.800. The summed E-state index contributed by atoms with van der Waals surface area (Å²) >= 11 is 2.08. The summed E-state index contributed by atoms with van der Waals surface area (Å²) in [5.74, 6) is 0.871. The van der Waals surface area contributed by atoms with Gasteiger partial charge in [0.1, 0.15) is 0 Å². The van der Waals surface area contributed by atoms with Crippen molar-refractivity contribution in [2.45, 2.75) is 38.1 Å². The molecule has 1 aromatic heterocycles. The first-order valence-corrected chi connectivity index (χ1v) is 11.0. The Kier molecular flexibility index (Phi) is 6.42. The Balaban J connectivity index is 1.17. The van der Waals surface area contributed by atoms with Crippen LogP contribution in [0, 0.1) is 0 Å². The number of nitrogens with zero attached hydrogens (tertiary/aromatic N) is 3. The molecule has 5 heteroatoms. The van der Waals surface area contributed by atoms with Crippen molar-refractivity contribution in [1.82, 2.24) is 14.7 Å². The van der Waals surface area contributed by atoms with E-state index in [1.807, 2.05) is 0 Å². The molecular formula is C20H33N3OS. The van der Waals surface area contributed by atoms with Crippen LogP contribution in [0.15, 0.2) is 12.1 Å². The molecule has 0 unspecified atom stereocenters. The predicted octanol–water partition coefficient (Wildman–Crippen LogP) is 2.86. The lowest BCUT2D eigenvalue weighted by Gasteiger charge is -2.36. The van der Waals surface area contributed by atoms with Crippen LogP contribution in [0.2, 0.25) is 0 Å². The molecule has 0 radical (unpaired) electrons. The van der Waals surface area contributed by atoms with Crippen LogP contribution in [0.3, 0.4) is 0 Å². The number of hydrogen-bond acceptors (Lipinski definition) is 5. The van der Waals surface area contributed by atoms with E-state index in [2.05, 4.69) is 38.2 Å². The van der Waals surface area contributed by atoms with Gasteiger partial charge in [0.15, 0.2) is 0 Å². The lowest BCUT2D eigenvalue weighted by atomic mass is 10.1. The van der Waals surface area contributed by atoms with Crippen LogP contribution < -0.4 is 0 Å². The molecule has 3 heterocycles. The molecule has 2 aliphatic heterocycles. The summed E-state index contributed by atoms with van der Waals surface area (Å²) in [4.78, 5) is 11.1. The van der Waals surface area contributed by atoms with Gasteiger partial charge in [-0.05, 0) is 30.9 Å². The molecule has 3 fully saturated rings. The van der Waals surface area contributed by atoms with Crippen molar-refractivity contribution >= 4 is 11.3 Å². The number of ether oxygens (including phenoxy) is 1. The molecule has 0 amide bonds. The third-order valence-electron chi connectivity index (χ3n) is 6.12. The van der Waals surface area contributed by atoms with Crippen molar-refractivity contribution in [3.63, 3.8) is 0 Å². The van der Waals surface area contributed by atoms with Crippen LogP contribution in [0.5, 0.6) is 0 Å². The molecule has 1 aromatic rings. The molecule has 140 valence electrons. The summed E-state index contributed by atoms with van der Waals surface area (Å²) in [6, 6.07) is 4.80. The van der Waals surface area contributed by atoms with E-state index in [1.165, 1.54) is 65.0 Å². The molecule has 4 rings (SSSR count). The maximum atomic E-state index is 5.44. The van der Waals surface area contributed by atoms with Crippen molar-refractivity contribution in [3.8, 4) is 0 Å². The van der Waals surface area contributed by atoms with E-state index >= 15 is 0 Å². The van der Waals surface area contributed by atoms with Gasteiger partial charge in [0.05, 0.1) is 13.2 Å². The number of hydrogen-bond donors (Lipinski definition) is 0. The van der Waals surface area contributed by atoms with E-state index < -0.39 is 0 Å². The Morgan fingerprint density at radius 1 is 0.840 bits per heavy atom. The quantitative estimate of drug-likeness (QED) is 0.773. The monoisotopic (exact) mass is 363 g/mol. The molecule has 2 saturated heterocycles. The van der Waals surface area contributed by atoms with Crippen molar-refractivity contribution in [2.24, 2.45) is 0 Å². The van der Waals surface area contributed by atoms with Gasteiger partial charge < -0.3 is 4.74 Å². The van der Waals surface area contributed by atoms with E-state index in [1.54, 1.807) is 9.75 Å². The highest BCUT2D eigenvalue weighted by Crippen LogP contribution is 2.37. The Morgan fingerprint density at radius 3 is 2.20 bits per heavy atom. The molecule has 0 N–H and O–H groups in total. The number of piperazine rings is 1. The van der Waals surface area contributed by atoms with E-state index in [0.717, 1.165) is 38.8 Å². The van der Waals surface area contributed by atoms with E-state index in [4.69, 9.17) is 4.74 Å². The van der Waals surface area contributed by atoms with Crippen molar-refractivity contribution in [2.75, 3.05) is 65.6 Å². The molecular weight excluding hydrogens is 330 g/mol. The first kappa shape index (κ1) is 17.9. The van der Waals surface area contributed by atoms with Crippen LogP contribution >= 0.6 is 11.3 Å². The van der Waals surface area contributed by atoms with E-state index in [0.29, 0.717) is 0 Å². The van der Waals surface area contributed by atoms with Gasteiger partial charge in [-0.1, -0.05) is 12.8 Å². The van der Waals surface area contributed by atoms with Crippen LogP contribution in [-0.2, 0) is 11.3 Å². The van der Waals surface area contributed by atoms with Gasteiger partial charge >= 0.3 is 0 Å². The molecule has 0 aromatic carbocycles. The lowest BCUT2D eigenvalue weighted by Crippen LogP contribution is -2.49. The van der Waals surface area contributed by atoms with Gasteiger partial charge in [0.2, 0.25) is 0 Å². The molecule has 1 saturated carbocycles. The average Bonchev–Trinajstić information content (AvgIpc) is 3.34. The molecule has 4 nitrogen and oxygen atoms in total.